The number of rotatable bonds is 14. The van der Waals surface area contributed by atoms with Gasteiger partial charge in [0.05, 0.1) is 0 Å². The van der Waals surface area contributed by atoms with Crippen molar-refractivity contribution in [2.75, 3.05) is 0 Å². The molecule has 0 saturated carbocycles. The largest absolute Gasteiger partial charge is 0.458 e. The molecule has 51 heavy (non-hydrogen) atoms. The summed E-state index contributed by atoms with van der Waals surface area (Å²) in [7, 11) is -5.98. The molecule has 0 saturated heterocycles. The quantitative estimate of drug-likeness (QED) is 0.140. The average molecular weight is 805 g/mol. The highest BCUT2D eigenvalue weighted by Gasteiger charge is 2.83. The molecular formula is C30H47F15O5S. The van der Waals surface area contributed by atoms with E-state index in [0.717, 1.165) is 0 Å². The Kier molecular flexibility index (Phi) is 12.4. The minimum Gasteiger partial charge on any atom is -0.320 e. The first-order valence-corrected chi connectivity index (χ1v) is 16.5. The topological polar surface area (TPSA) is 72.8 Å². The van der Waals surface area contributed by atoms with Gasteiger partial charge in [-0.15, -0.1) is 0 Å². The number of hydrogen-bond acceptors (Lipinski definition) is 4. The van der Waals surface area contributed by atoms with Gasteiger partial charge >= 0.3 is 30.0 Å². The Labute approximate surface area is 288 Å². The first-order chi connectivity index (χ1) is 21.3. The summed E-state index contributed by atoms with van der Waals surface area (Å²) in [5.41, 5.74) is -22.2. The van der Waals surface area contributed by atoms with Gasteiger partial charge in [-0.1, -0.05) is 69.2 Å². The Morgan fingerprint density at radius 1 is 0.510 bits per heavy atom. The van der Waals surface area contributed by atoms with Gasteiger partial charge in [-0.2, -0.15) is 52.3 Å². The van der Waals surface area contributed by atoms with Crippen molar-refractivity contribution in [2.24, 2.45) is 21.7 Å². The third-order valence-electron chi connectivity index (χ3n) is 10.2. The molecule has 0 fully saturated rings. The van der Waals surface area contributed by atoms with Gasteiger partial charge in [-0.05, 0) is 34.6 Å². The molecule has 0 aliphatic carbocycles. The molecule has 0 aromatic heterocycles. The van der Waals surface area contributed by atoms with E-state index in [1.807, 2.05) is 0 Å². The van der Waals surface area contributed by atoms with Crippen LogP contribution in [0.1, 0.15) is 104 Å². The van der Waals surface area contributed by atoms with Crippen LogP contribution in [0.2, 0.25) is 0 Å². The zero-order chi connectivity index (χ0) is 42.5. The van der Waals surface area contributed by atoms with Gasteiger partial charge < -0.3 is 9.47 Å². The summed E-state index contributed by atoms with van der Waals surface area (Å²) in [6, 6.07) is 0. The van der Waals surface area contributed by atoms with Crippen LogP contribution in [-0.2, 0) is 19.6 Å². The molecule has 0 spiro atoms. The normalized spacial score (nSPS) is 19.4. The molecule has 0 aliphatic heterocycles. The molecule has 0 radical (unpaired) electrons. The Hall–Kier alpha value is -1.22. The molecule has 5 nitrogen and oxygen atoms in total. The Balaban J connectivity index is 7.68. The molecule has 0 aromatic carbocycles. The molecule has 308 valence electrons. The fourth-order valence-corrected chi connectivity index (χ4v) is 5.97. The third kappa shape index (κ3) is 6.97. The molecule has 0 aliphatic rings. The van der Waals surface area contributed by atoms with Crippen LogP contribution in [0.3, 0.4) is 0 Å². The van der Waals surface area contributed by atoms with E-state index in [9.17, 15) is 26.1 Å². The van der Waals surface area contributed by atoms with E-state index in [1.165, 1.54) is 0 Å². The van der Waals surface area contributed by atoms with Crippen molar-refractivity contribution in [2.45, 2.75) is 168 Å². The predicted octanol–water partition coefficient (Wildman–Crippen LogP) is 11.1. The predicted molar refractivity (Wildman–Crippen MR) is 156 cm³/mol. The fourth-order valence-electron chi connectivity index (χ4n) is 5.40. The van der Waals surface area contributed by atoms with Crippen molar-refractivity contribution in [1.82, 2.24) is 0 Å². The van der Waals surface area contributed by atoms with Crippen molar-refractivity contribution in [3.05, 3.63) is 0 Å². The second kappa shape index (κ2) is 12.7. The van der Waals surface area contributed by atoms with Crippen LogP contribution < -0.4 is 0 Å². The van der Waals surface area contributed by atoms with Gasteiger partial charge in [-0.3, -0.25) is 4.55 Å². The first-order valence-electron chi connectivity index (χ1n) is 15.0. The van der Waals surface area contributed by atoms with Crippen LogP contribution in [-0.4, -0.2) is 76.9 Å². The van der Waals surface area contributed by atoms with Crippen LogP contribution in [0.4, 0.5) is 65.9 Å². The van der Waals surface area contributed by atoms with Crippen molar-refractivity contribution in [3.63, 3.8) is 0 Å². The molecule has 0 aromatic rings. The van der Waals surface area contributed by atoms with Crippen molar-refractivity contribution in [3.8, 4) is 0 Å². The van der Waals surface area contributed by atoms with Crippen molar-refractivity contribution < 1.29 is 88.3 Å². The zero-order valence-electron chi connectivity index (χ0n) is 30.7. The van der Waals surface area contributed by atoms with Gasteiger partial charge in [0, 0.05) is 21.7 Å². The highest BCUT2D eigenvalue weighted by atomic mass is 32.2. The number of halogens is 15. The number of ether oxygens (including phenoxy) is 2. The second-order valence-electron chi connectivity index (χ2n) is 16.7. The maximum absolute atomic E-state index is 17.1. The zero-order valence-corrected chi connectivity index (χ0v) is 31.6. The van der Waals surface area contributed by atoms with E-state index in [-0.39, 0.29) is 62.3 Å². The summed E-state index contributed by atoms with van der Waals surface area (Å²) in [5, 5.41) is 0. The summed E-state index contributed by atoms with van der Waals surface area (Å²) in [5.74, 6) is -28.4. The lowest BCUT2D eigenvalue weighted by Crippen LogP contribution is -2.73. The van der Waals surface area contributed by atoms with E-state index in [0.29, 0.717) is 41.5 Å². The minimum absolute atomic E-state index is 0.00462. The molecule has 0 amide bonds. The van der Waals surface area contributed by atoms with E-state index in [2.05, 4.69) is 9.47 Å². The van der Waals surface area contributed by atoms with Crippen LogP contribution in [0, 0.1) is 21.7 Å². The molecule has 0 rings (SSSR count). The summed E-state index contributed by atoms with van der Waals surface area (Å²) in [4.78, 5) is 0. The van der Waals surface area contributed by atoms with Gasteiger partial charge in [-0.25, -0.2) is 22.0 Å². The van der Waals surface area contributed by atoms with Crippen LogP contribution in [0.5, 0.6) is 0 Å². The lowest BCUT2D eigenvalue weighted by molar-refractivity contribution is -0.494. The van der Waals surface area contributed by atoms with E-state index in [4.69, 9.17) is 0 Å². The third-order valence-corrected chi connectivity index (χ3v) is 11.7. The number of hydrogen-bond donors (Lipinski definition) is 1. The molecule has 3 atom stereocenters. The standard InChI is InChI=1S/C30H47F15O5S/c1-16(49-30(44,45)28(40,29(41,42)43)50-21(12,13)27(38,39)22(14,15)51(46,47)48)23(31,17(2,3)4)25(34,35)19(8,9)20(10,11)26(36,37)24(32,33)18(5,6)7/h16H,1-15H3,(H,46,47,48). The SMILES string of the molecule is CC(OC(F)(F)C(F)(OC(C)(C)C(F)(F)C(C)(C)S(=O)(=O)O)C(F)(F)F)C(F)(C(C)(C)C)C(F)(F)C(C)(C)C(C)(C)C(F)(F)C(F)(F)C(C)(C)C. The molecule has 0 bridgehead atoms. The Morgan fingerprint density at radius 3 is 1.12 bits per heavy atom. The molecule has 1 N–H and O–H groups in total. The maximum atomic E-state index is 17.1. The van der Waals surface area contributed by atoms with Crippen molar-refractivity contribution in [1.29, 1.82) is 0 Å². The minimum atomic E-state index is -7.17. The first kappa shape index (κ1) is 49.8. The number of alkyl halides is 15. The van der Waals surface area contributed by atoms with Crippen molar-refractivity contribution >= 4 is 10.1 Å². The van der Waals surface area contributed by atoms with Gasteiger partial charge in [0.25, 0.3) is 22.0 Å². The molecule has 0 heterocycles. The summed E-state index contributed by atoms with van der Waals surface area (Å²) in [6.07, 6.45) is -17.7. The van der Waals surface area contributed by atoms with Gasteiger partial charge in [0.1, 0.15) is 11.7 Å². The maximum Gasteiger partial charge on any atom is 0.458 e. The van der Waals surface area contributed by atoms with E-state index < -0.39 is 95.7 Å². The lowest BCUT2D eigenvalue weighted by atomic mass is 9.53. The highest BCUT2D eigenvalue weighted by Crippen LogP contribution is 2.68. The highest BCUT2D eigenvalue weighted by molar-refractivity contribution is 7.87. The summed E-state index contributed by atoms with van der Waals surface area (Å²) >= 11 is 0. The molecular weight excluding hydrogens is 757 g/mol. The Morgan fingerprint density at radius 2 is 0.843 bits per heavy atom. The van der Waals surface area contributed by atoms with Gasteiger partial charge in [0.2, 0.25) is 5.67 Å². The molecule has 21 heteroatoms. The second-order valence-corrected chi connectivity index (χ2v) is 18.7. The lowest BCUT2D eigenvalue weighted by Gasteiger charge is -2.58. The average Bonchev–Trinajstić information content (AvgIpc) is 2.83. The van der Waals surface area contributed by atoms with E-state index >= 15 is 52.7 Å². The smallest absolute Gasteiger partial charge is 0.320 e. The van der Waals surface area contributed by atoms with Crippen LogP contribution in [0.15, 0.2) is 0 Å². The van der Waals surface area contributed by atoms with Crippen LogP contribution >= 0.6 is 0 Å². The molecule has 3 unspecified atom stereocenters. The van der Waals surface area contributed by atoms with Crippen LogP contribution in [0.25, 0.3) is 0 Å². The summed E-state index contributed by atoms with van der Waals surface area (Å²) in [6.45, 7) is 3.58. The Bertz CT molecular complexity index is 1380. The summed E-state index contributed by atoms with van der Waals surface area (Å²) < 4.78 is 267. The fraction of sp³-hybridized carbons (Fsp3) is 1.00. The van der Waals surface area contributed by atoms with E-state index in [1.54, 1.807) is 0 Å². The van der Waals surface area contributed by atoms with Gasteiger partial charge in [0.15, 0.2) is 4.75 Å². The monoisotopic (exact) mass is 804 g/mol.